The first kappa shape index (κ1) is 15.0. The van der Waals surface area contributed by atoms with Gasteiger partial charge in [0.1, 0.15) is 6.10 Å². The highest BCUT2D eigenvalue weighted by molar-refractivity contribution is 5.89. The van der Waals surface area contributed by atoms with Gasteiger partial charge >= 0.3 is 5.97 Å². The monoisotopic (exact) mass is 303 g/mol. The number of rotatable bonds is 3. The number of fused-ring (bicyclic) bond motifs is 2. The molecule has 2 fully saturated rings. The predicted molar refractivity (Wildman–Crippen MR) is 81.5 cm³/mol. The lowest BCUT2D eigenvalue weighted by Crippen LogP contribution is -2.38. The summed E-state index contributed by atoms with van der Waals surface area (Å²) in [7, 11) is 0. The SMILES string of the molecule is CC1(C)[C@H]2CC[C@@]1(C)[C@@H](OC(=O)c1ccc([N+](=O)[O-])cc1)C2. The molecular weight excluding hydrogens is 282 g/mol. The van der Waals surface area contributed by atoms with Crippen LogP contribution in [0.15, 0.2) is 24.3 Å². The highest BCUT2D eigenvalue weighted by Crippen LogP contribution is 2.66. The van der Waals surface area contributed by atoms with E-state index in [0.717, 1.165) is 12.8 Å². The maximum atomic E-state index is 12.3. The highest BCUT2D eigenvalue weighted by atomic mass is 16.6. The number of hydrogen-bond donors (Lipinski definition) is 0. The van der Waals surface area contributed by atoms with E-state index in [1.165, 1.54) is 30.7 Å². The molecule has 3 rings (SSSR count). The van der Waals surface area contributed by atoms with Gasteiger partial charge in [-0.15, -0.1) is 0 Å². The van der Waals surface area contributed by atoms with Gasteiger partial charge in [-0.1, -0.05) is 20.8 Å². The smallest absolute Gasteiger partial charge is 0.338 e. The van der Waals surface area contributed by atoms with E-state index < -0.39 is 4.92 Å². The minimum atomic E-state index is -0.478. The van der Waals surface area contributed by atoms with Crippen LogP contribution in [0.1, 0.15) is 50.4 Å². The van der Waals surface area contributed by atoms with Gasteiger partial charge in [0.25, 0.3) is 5.69 Å². The van der Waals surface area contributed by atoms with Crippen LogP contribution in [-0.2, 0) is 4.74 Å². The lowest BCUT2D eigenvalue weighted by Gasteiger charge is -2.38. The van der Waals surface area contributed by atoms with Crippen molar-refractivity contribution < 1.29 is 14.5 Å². The van der Waals surface area contributed by atoms with Gasteiger partial charge in [0, 0.05) is 17.5 Å². The number of nitrogens with zero attached hydrogens (tertiary/aromatic N) is 1. The largest absolute Gasteiger partial charge is 0.458 e. The third-order valence-corrected chi connectivity index (χ3v) is 6.28. The zero-order valence-electron chi connectivity index (χ0n) is 13.2. The fraction of sp³-hybridized carbons (Fsp3) is 0.588. The summed E-state index contributed by atoms with van der Waals surface area (Å²) in [6.45, 7) is 6.75. The molecule has 0 saturated heterocycles. The van der Waals surface area contributed by atoms with Crippen LogP contribution >= 0.6 is 0 Å². The molecule has 1 aromatic rings. The number of hydrogen-bond acceptors (Lipinski definition) is 4. The van der Waals surface area contributed by atoms with Gasteiger partial charge in [-0.05, 0) is 42.7 Å². The van der Waals surface area contributed by atoms with Crippen LogP contribution in [0.3, 0.4) is 0 Å². The molecule has 0 heterocycles. The second-order valence-corrected chi connectivity index (χ2v) is 7.31. The van der Waals surface area contributed by atoms with Crippen molar-refractivity contribution in [2.75, 3.05) is 0 Å². The molecule has 0 aromatic heterocycles. The molecule has 0 aliphatic heterocycles. The molecule has 5 nitrogen and oxygen atoms in total. The molecule has 22 heavy (non-hydrogen) atoms. The van der Waals surface area contributed by atoms with Crippen LogP contribution < -0.4 is 0 Å². The number of benzene rings is 1. The summed E-state index contributed by atoms with van der Waals surface area (Å²) < 4.78 is 5.76. The van der Waals surface area contributed by atoms with E-state index in [4.69, 9.17) is 4.74 Å². The molecule has 2 saturated carbocycles. The Bertz CT molecular complexity index is 622. The third-order valence-electron chi connectivity index (χ3n) is 6.28. The van der Waals surface area contributed by atoms with Crippen molar-refractivity contribution in [3.05, 3.63) is 39.9 Å². The van der Waals surface area contributed by atoms with Gasteiger partial charge in [0.2, 0.25) is 0 Å². The van der Waals surface area contributed by atoms with Crippen LogP contribution in [0.4, 0.5) is 5.69 Å². The van der Waals surface area contributed by atoms with Crippen LogP contribution in [0, 0.1) is 26.9 Å². The van der Waals surface area contributed by atoms with Crippen LogP contribution in [0.5, 0.6) is 0 Å². The van der Waals surface area contributed by atoms with Gasteiger partial charge in [-0.25, -0.2) is 4.79 Å². The molecule has 0 N–H and O–H groups in total. The Labute approximate surface area is 129 Å². The molecule has 0 spiro atoms. The van der Waals surface area contributed by atoms with Crippen molar-refractivity contribution in [2.45, 2.75) is 46.1 Å². The Morgan fingerprint density at radius 2 is 1.91 bits per heavy atom. The first-order chi connectivity index (χ1) is 10.3. The van der Waals surface area contributed by atoms with Crippen molar-refractivity contribution in [3.63, 3.8) is 0 Å². The number of esters is 1. The highest BCUT2D eigenvalue weighted by Gasteiger charge is 2.62. The number of carbonyl (C=O) groups excluding carboxylic acids is 1. The first-order valence-electron chi connectivity index (χ1n) is 7.71. The average Bonchev–Trinajstić information content (AvgIpc) is 2.80. The fourth-order valence-corrected chi connectivity index (χ4v) is 4.22. The van der Waals surface area contributed by atoms with Gasteiger partial charge in [0.15, 0.2) is 0 Å². The summed E-state index contributed by atoms with van der Waals surface area (Å²) in [6.07, 6.45) is 3.14. The average molecular weight is 303 g/mol. The molecule has 0 unspecified atom stereocenters. The number of nitro groups is 1. The number of non-ortho nitro benzene ring substituents is 1. The maximum Gasteiger partial charge on any atom is 0.338 e. The summed E-state index contributed by atoms with van der Waals surface area (Å²) in [6, 6.07) is 5.59. The van der Waals surface area contributed by atoms with Crippen molar-refractivity contribution in [1.82, 2.24) is 0 Å². The Balaban J connectivity index is 1.74. The number of nitro benzene ring substituents is 1. The van der Waals surface area contributed by atoms with Crippen molar-refractivity contribution in [2.24, 2.45) is 16.7 Å². The molecule has 2 aliphatic carbocycles. The summed E-state index contributed by atoms with van der Waals surface area (Å²) in [5.41, 5.74) is 0.556. The lowest BCUT2D eigenvalue weighted by molar-refractivity contribution is -0.384. The normalized spacial score (nSPS) is 32.0. The fourth-order valence-electron chi connectivity index (χ4n) is 4.22. The van der Waals surface area contributed by atoms with E-state index in [9.17, 15) is 14.9 Å². The van der Waals surface area contributed by atoms with Crippen molar-refractivity contribution >= 4 is 11.7 Å². The molecular formula is C17H21NO4. The van der Waals surface area contributed by atoms with Gasteiger partial charge in [0.05, 0.1) is 10.5 Å². The maximum absolute atomic E-state index is 12.3. The van der Waals surface area contributed by atoms with E-state index in [0.29, 0.717) is 11.5 Å². The standard InChI is InChI=1S/C17H21NO4/c1-16(2)12-8-9-17(16,3)14(10-12)22-15(19)11-4-6-13(7-5-11)18(20)21/h4-7,12,14H,8-10H2,1-3H3/t12-,14-,17-/m0/s1. The Morgan fingerprint density at radius 1 is 1.27 bits per heavy atom. The van der Waals surface area contributed by atoms with E-state index in [2.05, 4.69) is 20.8 Å². The minimum Gasteiger partial charge on any atom is -0.458 e. The van der Waals surface area contributed by atoms with Gasteiger partial charge in [-0.2, -0.15) is 0 Å². The van der Waals surface area contributed by atoms with E-state index in [1.54, 1.807) is 0 Å². The molecule has 0 amide bonds. The van der Waals surface area contributed by atoms with Gasteiger partial charge in [-0.3, -0.25) is 10.1 Å². The molecule has 118 valence electrons. The summed E-state index contributed by atoms with van der Waals surface area (Å²) >= 11 is 0. The van der Waals surface area contributed by atoms with Gasteiger partial charge < -0.3 is 4.74 Å². The summed E-state index contributed by atoms with van der Waals surface area (Å²) in [5, 5.41) is 10.7. The van der Waals surface area contributed by atoms with Crippen molar-refractivity contribution in [1.29, 1.82) is 0 Å². The molecule has 3 atom stereocenters. The first-order valence-corrected chi connectivity index (χ1v) is 7.71. The quantitative estimate of drug-likeness (QED) is 0.481. The topological polar surface area (TPSA) is 69.4 Å². The Hall–Kier alpha value is -1.91. The summed E-state index contributed by atoms with van der Waals surface area (Å²) in [4.78, 5) is 22.5. The summed E-state index contributed by atoms with van der Waals surface area (Å²) in [5.74, 6) is 0.219. The van der Waals surface area contributed by atoms with Crippen LogP contribution in [0.2, 0.25) is 0 Å². The lowest BCUT2D eigenvalue weighted by atomic mass is 9.70. The Morgan fingerprint density at radius 3 is 2.36 bits per heavy atom. The van der Waals surface area contributed by atoms with E-state index in [1.807, 2.05) is 0 Å². The zero-order valence-corrected chi connectivity index (χ0v) is 13.2. The number of carbonyl (C=O) groups is 1. The zero-order chi connectivity index (χ0) is 16.1. The number of ether oxygens (including phenoxy) is 1. The second kappa shape index (κ2) is 4.80. The second-order valence-electron chi connectivity index (χ2n) is 7.31. The predicted octanol–water partition coefficient (Wildman–Crippen LogP) is 3.97. The van der Waals surface area contributed by atoms with Crippen LogP contribution in [-0.4, -0.2) is 17.0 Å². The third kappa shape index (κ3) is 2.02. The van der Waals surface area contributed by atoms with Crippen molar-refractivity contribution in [3.8, 4) is 0 Å². The minimum absolute atomic E-state index is 0.0219. The van der Waals surface area contributed by atoms with Crippen LogP contribution in [0.25, 0.3) is 0 Å². The van der Waals surface area contributed by atoms with E-state index >= 15 is 0 Å². The molecule has 2 aliphatic rings. The molecule has 1 aromatic carbocycles. The molecule has 2 bridgehead atoms. The molecule has 0 radical (unpaired) electrons. The Kier molecular flexibility index (Phi) is 3.27. The molecule has 5 heteroatoms. The van der Waals surface area contributed by atoms with E-state index in [-0.39, 0.29) is 28.6 Å².